The van der Waals surface area contributed by atoms with Gasteiger partial charge in [0.2, 0.25) is 5.95 Å². The zero-order chi connectivity index (χ0) is 18.8. The fraction of sp³-hybridized carbons (Fsp3) is 0.200. The van der Waals surface area contributed by atoms with Crippen molar-refractivity contribution in [2.75, 3.05) is 5.32 Å². The Morgan fingerprint density at radius 1 is 1.15 bits per heavy atom. The Hall–Kier alpha value is -2.80. The van der Waals surface area contributed by atoms with Gasteiger partial charge in [-0.2, -0.15) is 14.6 Å². The van der Waals surface area contributed by atoms with E-state index >= 15 is 0 Å². The van der Waals surface area contributed by atoms with Crippen molar-refractivity contribution in [1.29, 1.82) is 0 Å². The third kappa shape index (κ3) is 3.42. The predicted octanol–water partition coefficient (Wildman–Crippen LogP) is 4.63. The Morgan fingerprint density at radius 2 is 1.96 bits per heavy atom. The first kappa shape index (κ1) is 17.6. The molecule has 0 aliphatic carbocycles. The van der Waals surface area contributed by atoms with Crippen molar-refractivity contribution >= 4 is 44.2 Å². The normalized spacial score (nSPS) is 11.2. The fourth-order valence-corrected chi connectivity index (χ4v) is 3.36. The van der Waals surface area contributed by atoms with Crippen LogP contribution in [0.3, 0.4) is 0 Å². The first-order valence-electron chi connectivity index (χ1n) is 8.86. The maximum absolute atomic E-state index is 13.0. The molecule has 7 heteroatoms. The Bertz CT molecular complexity index is 1130. The van der Waals surface area contributed by atoms with Crippen LogP contribution >= 0.6 is 15.9 Å². The highest BCUT2D eigenvalue weighted by atomic mass is 79.9. The molecule has 4 aromatic rings. The van der Waals surface area contributed by atoms with E-state index in [0.717, 1.165) is 34.5 Å². The van der Waals surface area contributed by atoms with Crippen LogP contribution in [-0.4, -0.2) is 25.5 Å². The molecule has 0 aliphatic heterocycles. The van der Waals surface area contributed by atoms with Crippen molar-refractivity contribution in [2.45, 2.75) is 26.2 Å². The molecule has 27 heavy (non-hydrogen) atoms. The molecule has 4 rings (SSSR count). The molecule has 2 aromatic heterocycles. The van der Waals surface area contributed by atoms with E-state index in [1.165, 1.54) is 0 Å². The number of unbranched alkanes of at least 4 members (excludes halogenated alkanes) is 1. The first-order chi connectivity index (χ1) is 13.2. The van der Waals surface area contributed by atoms with Crippen LogP contribution in [0.25, 0.3) is 16.4 Å². The second kappa shape index (κ2) is 7.44. The van der Waals surface area contributed by atoms with Crippen molar-refractivity contribution in [1.82, 2.24) is 19.6 Å². The van der Waals surface area contributed by atoms with Crippen LogP contribution in [0, 0.1) is 0 Å². The largest absolute Gasteiger partial charge is 0.290 e. The lowest BCUT2D eigenvalue weighted by Crippen LogP contribution is -2.18. The number of halogens is 1. The number of rotatable bonds is 5. The summed E-state index contributed by atoms with van der Waals surface area (Å²) in [6.45, 7) is 2.12. The van der Waals surface area contributed by atoms with Crippen LogP contribution < -0.4 is 5.32 Å². The maximum atomic E-state index is 13.0. The van der Waals surface area contributed by atoms with Gasteiger partial charge in [-0.05, 0) is 39.2 Å². The molecule has 2 aromatic carbocycles. The average Bonchev–Trinajstić information content (AvgIpc) is 3.07. The Morgan fingerprint density at radius 3 is 2.81 bits per heavy atom. The van der Waals surface area contributed by atoms with E-state index in [1.54, 1.807) is 10.7 Å². The molecule has 0 saturated heterocycles. The summed E-state index contributed by atoms with van der Waals surface area (Å²) in [5, 5.41) is 9.11. The molecule has 0 fully saturated rings. The Labute approximate surface area is 164 Å². The van der Waals surface area contributed by atoms with Gasteiger partial charge in [-0.15, -0.1) is 0 Å². The summed E-state index contributed by atoms with van der Waals surface area (Å²) in [5.74, 6) is 0.841. The molecule has 0 unspecified atom stereocenters. The molecule has 1 amide bonds. The second-order valence-corrected chi connectivity index (χ2v) is 7.13. The molecule has 0 atom stereocenters. The quantitative estimate of drug-likeness (QED) is 0.507. The molecule has 0 radical (unpaired) electrons. The van der Waals surface area contributed by atoms with Crippen molar-refractivity contribution in [3.63, 3.8) is 0 Å². The van der Waals surface area contributed by atoms with Gasteiger partial charge in [0.1, 0.15) is 5.82 Å². The van der Waals surface area contributed by atoms with Gasteiger partial charge in [0, 0.05) is 12.0 Å². The number of anilines is 1. The second-order valence-electron chi connectivity index (χ2n) is 6.28. The minimum atomic E-state index is -0.222. The van der Waals surface area contributed by atoms with E-state index < -0.39 is 0 Å². The number of carbonyl (C=O) groups is 1. The van der Waals surface area contributed by atoms with Crippen LogP contribution in [0.15, 0.2) is 53.1 Å². The highest BCUT2D eigenvalue weighted by Crippen LogP contribution is 2.22. The highest BCUT2D eigenvalue weighted by molar-refractivity contribution is 9.10. The number of hydrogen-bond donors (Lipinski definition) is 1. The van der Waals surface area contributed by atoms with Crippen LogP contribution in [-0.2, 0) is 6.42 Å². The van der Waals surface area contributed by atoms with Crippen molar-refractivity contribution in [2.24, 2.45) is 0 Å². The maximum Gasteiger partial charge on any atom is 0.258 e. The lowest BCUT2D eigenvalue weighted by atomic mass is 10.0. The van der Waals surface area contributed by atoms with E-state index in [9.17, 15) is 4.79 Å². The van der Waals surface area contributed by atoms with Crippen molar-refractivity contribution < 1.29 is 4.79 Å². The summed E-state index contributed by atoms with van der Waals surface area (Å²) in [7, 11) is 0. The van der Waals surface area contributed by atoms with Gasteiger partial charge in [-0.3, -0.25) is 10.1 Å². The molecule has 6 nitrogen and oxygen atoms in total. The molecule has 136 valence electrons. The summed E-state index contributed by atoms with van der Waals surface area (Å²) < 4.78 is 2.31. The molecule has 1 N–H and O–H groups in total. The van der Waals surface area contributed by atoms with Crippen molar-refractivity contribution in [3.8, 4) is 0 Å². The minimum Gasteiger partial charge on any atom is -0.290 e. The number of aryl methyl sites for hydroxylation is 1. The molecule has 0 bridgehead atoms. The van der Waals surface area contributed by atoms with Crippen LogP contribution in [0.1, 0.15) is 35.9 Å². The smallest absolute Gasteiger partial charge is 0.258 e. The number of fused-ring (bicyclic) bond motifs is 2. The monoisotopic (exact) mass is 423 g/mol. The first-order valence-corrected chi connectivity index (χ1v) is 9.66. The van der Waals surface area contributed by atoms with E-state index in [1.807, 2.05) is 42.5 Å². The lowest BCUT2D eigenvalue weighted by Gasteiger charge is -2.10. The Balaban J connectivity index is 1.74. The number of benzene rings is 2. The summed E-state index contributed by atoms with van der Waals surface area (Å²) in [4.78, 5) is 22.1. The van der Waals surface area contributed by atoms with E-state index in [-0.39, 0.29) is 5.91 Å². The van der Waals surface area contributed by atoms with E-state index in [4.69, 9.17) is 0 Å². The fourth-order valence-electron chi connectivity index (χ4n) is 3.01. The molecule has 0 aliphatic rings. The predicted molar refractivity (Wildman–Crippen MR) is 109 cm³/mol. The summed E-state index contributed by atoms with van der Waals surface area (Å²) >= 11 is 3.46. The zero-order valence-corrected chi connectivity index (χ0v) is 16.4. The van der Waals surface area contributed by atoms with Gasteiger partial charge < -0.3 is 0 Å². The molecule has 2 heterocycles. The molecule has 0 saturated carbocycles. The van der Waals surface area contributed by atoms with Gasteiger partial charge >= 0.3 is 0 Å². The molecule has 0 spiro atoms. The molecular weight excluding hydrogens is 406 g/mol. The van der Waals surface area contributed by atoms with Crippen LogP contribution in [0.4, 0.5) is 5.95 Å². The number of carbonyl (C=O) groups excluding carboxylic acids is 1. The topological polar surface area (TPSA) is 72.2 Å². The third-order valence-electron chi connectivity index (χ3n) is 4.38. The molecular formula is C20H18BrN5O. The number of hydrogen-bond acceptors (Lipinski definition) is 4. The van der Waals surface area contributed by atoms with Crippen LogP contribution in [0.5, 0.6) is 0 Å². The number of aromatic nitrogens is 4. The SMILES string of the molecule is CCCCc1nc(NC(=O)c2cccc3ccccc23)n2ncc(Br)c2n1. The van der Waals surface area contributed by atoms with Gasteiger partial charge in [-0.1, -0.05) is 49.7 Å². The van der Waals surface area contributed by atoms with E-state index in [0.29, 0.717) is 23.0 Å². The van der Waals surface area contributed by atoms with Gasteiger partial charge in [0.25, 0.3) is 5.91 Å². The minimum absolute atomic E-state index is 0.222. The average molecular weight is 424 g/mol. The zero-order valence-electron chi connectivity index (χ0n) is 14.8. The number of amides is 1. The Kier molecular flexibility index (Phi) is 4.85. The lowest BCUT2D eigenvalue weighted by molar-refractivity contribution is 0.102. The summed E-state index contributed by atoms with van der Waals surface area (Å²) in [6.07, 6.45) is 4.44. The summed E-state index contributed by atoms with van der Waals surface area (Å²) in [5.41, 5.74) is 1.24. The third-order valence-corrected chi connectivity index (χ3v) is 4.94. The highest BCUT2D eigenvalue weighted by Gasteiger charge is 2.16. The standard InChI is InChI=1S/C20H18BrN5O/c1-2-3-11-17-23-18-16(21)12-22-26(18)20(24-17)25-19(27)15-10-6-8-13-7-4-5-9-14(13)15/h4-10,12H,2-3,11H2,1H3,(H,23,24,25,27). The summed E-state index contributed by atoms with van der Waals surface area (Å²) in [6, 6.07) is 13.5. The van der Waals surface area contributed by atoms with E-state index in [2.05, 4.69) is 43.2 Å². The number of nitrogens with one attached hydrogen (secondary N) is 1. The van der Waals surface area contributed by atoms with Gasteiger partial charge in [-0.25, -0.2) is 4.98 Å². The van der Waals surface area contributed by atoms with Crippen molar-refractivity contribution in [3.05, 3.63) is 64.5 Å². The number of nitrogens with zero attached hydrogens (tertiary/aromatic N) is 4. The van der Waals surface area contributed by atoms with Crippen LogP contribution in [0.2, 0.25) is 0 Å². The van der Waals surface area contributed by atoms with Gasteiger partial charge in [0.15, 0.2) is 5.65 Å². The van der Waals surface area contributed by atoms with Gasteiger partial charge in [0.05, 0.1) is 10.7 Å².